The molecule has 1 saturated heterocycles. The van der Waals surface area contributed by atoms with E-state index in [9.17, 15) is 0 Å². The van der Waals surface area contributed by atoms with E-state index >= 15 is 0 Å². The molecule has 1 aliphatic rings. The number of hydrogen-bond acceptors (Lipinski definition) is 2. The molecule has 0 unspecified atom stereocenters. The monoisotopic (exact) mass is 262 g/mol. The second kappa shape index (κ2) is 4.16. The summed E-state index contributed by atoms with van der Waals surface area (Å²) in [4.78, 5) is 0. The summed E-state index contributed by atoms with van der Waals surface area (Å²) in [6, 6.07) is 2.27. The molecular formula is C9H11BrS2. The van der Waals surface area contributed by atoms with Crippen molar-refractivity contribution in [2.75, 3.05) is 11.5 Å². The van der Waals surface area contributed by atoms with Gasteiger partial charge in [-0.1, -0.05) is 0 Å². The molecule has 0 radical (unpaired) electrons. The van der Waals surface area contributed by atoms with Crippen molar-refractivity contribution < 1.29 is 0 Å². The van der Waals surface area contributed by atoms with Crippen molar-refractivity contribution in [1.82, 2.24) is 0 Å². The van der Waals surface area contributed by atoms with Crippen LogP contribution in [-0.4, -0.2) is 11.5 Å². The highest BCUT2D eigenvalue weighted by Crippen LogP contribution is 2.37. The molecule has 0 aromatic carbocycles. The molecule has 0 atom stereocenters. The minimum Gasteiger partial charge on any atom is -0.162 e. The predicted octanol–water partition coefficient (Wildman–Crippen LogP) is 4.12. The molecular weight excluding hydrogens is 252 g/mol. The van der Waals surface area contributed by atoms with Crippen LogP contribution < -0.4 is 0 Å². The molecule has 0 bridgehead atoms. The number of rotatable bonds is 1. The van der Waals surface area contributed by atoms with Crippen molar-refractivity contribution in [3.05, 3.63) is 20.8 Å². The third-order valence-electron chi connectivity index (χ3n) is 2.31. The number of halogens is 1. The first-order valence-corrected chi connectivity index (χ1v) is 7.01. The first-order valence-electron chi connectivity index (χ1n) is 4.18. The van der Waals surface area contributed by atoms with Gasteiger partial charge in [-0.25, -0.2) is 0 Å². The number of hydrogen-bond donors (Lipinski definition) is 0. The molecule has 12 heavy (non-hydrogen) atoms. The van der Waals surface area contributed by atoms with Crippen LogP contribution in [0.1, 0.15) is 24.3 Å². The third kappa shape index (κ3) is 1.88. The van der Waals surface area contributed by atoms with Crippen LogP contribution in [0.25, 0.3) is 0 Å². The van der Waals surface area contributed by atoms with Crippen molar-refractivity contribution in [1.29, 1.82) is 0 Å². The average Bonchev–Trinajstić information content (AvgIpc) is 2.53. The summed E-state index contributed by atoms with van der Waals surface area (Å²) in [5.74, 6) is 3.51. The number of thiophene rings is 1. The Bertz CT molecular complexity index is 251. The largest absolute Gasteiger partial charge is 0.162 e. The van der Waals surface area contributed by atoms with E-state index in [2.05, 4.69) is 39.1 Å². The number of thioether (sulfide) groups is 1. The quantitative estimate of drug-likeness (QED) is 0.734. The molecule has 1 aliphatic heterocycles. The minimum atomic E-state index is 0.826. The summed E-state index contributed by atoms with van der Waals surface area (Å²) in [5.41, 5.74) is 1.54. The standard InChI is InChI=1S/C9H11BrS2/c10-9-8(3-6-12-9)7-1-4-11-5-2-7/h3,6-7H,1-2,4-5H2. The summed E-state index contributed by atoms with van der Waals surface area (Å²) in [6.07, 6.45) is 2.72. The van der Waals surface area contributed by atoms with Crippen LogP contribution in [0.15, 0.2) is 15.2 Å². The second-order valence-electron chi connectivity index (χ2n) is 3.04. The molecule has 66 valence electrons. The van der Waals surface area contributed by atoms with Gasteiger partial charge < -0.3 is 0 Å². The third-order valence-corrected chi connectivity index (χ3v) is 5.09. The van der Waals surface area contributed by atoms with E-state index in [1.807, 2.05) is 11.3 Å². The van der Waals surface area contributed by atoms with Gasteiger partial charge in [0.1, 0.15) is 0 Å². The molecule has 2 heterocycles. The van der Waals surface area contributed by atoms with Gasteiger partial charge in [-0.15, -0.1) is 11.3 Å². The van der Waals surface area contributed by atoms with Crippen LogP contribution in [0.3, 0.4) is 0 Å². The molecule has 3 heteroatoms. The smallest absolute Gasteiger partial charge is 0.0733 e. The van der Waals surface area contributed by atoms with Crippen LogP contribution in [0.5, 0.6) is 0 Å². The van der Waals surface area contributed by atoms with E-state index in [1.54, 1.807) is 5.56 Å². The predicted molar refractivity (Wildman–Crippen MR) is 61.3 cm³/mol. The van der Waals surface area contributed by atoms with Crippen molar-refractivity contribution in [2.45, 2.75) is 18.8 Å². The molecule has 0 amide bonds. The van der Waals surface area contributed by atoms with Gasteiger partial charge in [0, 0.05) is 0 Å². The Balaban J connectivity index is 2.13. The van der Waals surface area contributed by atoms with E-state index in [0.717, 1.165) is 5.92 Å². The fraction of sp³-hybridized carbons (Fsp3) is 0.556. The first-order chi connectivity index (χ1) is 5.88. The van der Waals surface area contributed by atoms with Crippen LogP contribution in [-0.2, 0) is 0 Å². The molecule has 2 rings (SSSR count). The summed E-state index contributed by atoms with van der Waals surface area (Å²) in [7, 11) is 0. The maximum absolute atomic E-state index is 3.61. The second-order valence-corrected chi connectivity index (χ2v) is 6.50. The van der Waals surface area contributed by atoms with Gasteiger partial charge in [0.25, 0.3) is 0 Å². The fourth-order valence-electron chi connectivity index (χ4n) is 1.61. The Labute approximate surface area is 89.9 Å². The molecule has 1 aromatic heterocycles. The zero-order chi connectivity index (χ0) is 8.39. The molecule has 0 aliphatic carbocycles. The van der Waals surface area contributed by atoms with Crippen LogP contribution in [0, 0.1) is 0 Å². The Hall–Kier alpha value is 0.530. The molecule has 0 nitrogen and oxygen atoms in total. The van der Waals surface area contributed by atoms with E-state index in [4.69, 9.17) is 0 Å². The first kappa shape index (κ1) is 9.10. The van der Waals surface area contributed by atoms with Gasteiger partial charge in [-0.05, 0) is 63.2 Å². The lowest BCUT2D eigenvalue weighted by molar-refractivity contribution is 0.637. The van der Waals surface area contributed by atoms with Gasteiger partial charge in [0.05, 0.1) is 3.79 Å². The Morgan fingerprint density at radius 2 is 2.08 bits per heavy atom. The van der Waals surface area contributed by atoms with Crippen molar-refractivity contribution in [2.24, 2.45) is 0 Å². The van der Waals surface area contributed by atoms with Crippen LogP contribution in [0.2, 0.25) is 0 Å². The minimum absolute atomic E-state index is 0.826. The molecule has 1 aromatic rings. The Morgan fingerprint density at radius 3 is 2.67 bits per heavy atom. The molecule has 0 saturated carbocycles. The normalized spacial score (nSPS) is 19.8. The van der Waals surface area contributed by atoms with E-state index in [-0.39, 0.29) is 0 Å². The zero-order valence-corrected chi connectivity index (χ0v) is 9.97. The van der Waals surface area contributed by atoms with Gasteiger partial charge in [-0.2, -0.15) is 11.8 Å². The summed E-state index contributed by atoms with van der Waals surface area (Å²) >= 11 is 7.51. The lowest BCUT2D eigenvalue weighted by atomic mass is 9.96. The fourth-order valence-corrected chi connectivity index (χ4v) is 4.20. The van der Waals surface area contributed by atoms with Gasteiger partial charge in [-0.3, -0.25) is 0 Å². The highest BCUT2D eigenvalue weighted by molar-refractivity contribution is 9.11. The van der Waals surface area contributed by atoms with Gasteiger partial charge in [0.2, 0.25) is 0 Å². The summed E-state index contributed by atoms with van der Waals surface area (Å²) in [6.45, 7) is 0. The highest BCUT2D eigenvalue weighted by atomic mass is 79.9. The van der Waals surface area contributed by atoms with E-state index in [1.165, 1.54) is 28.1 Å². The van der Waals surface area contributed by atoms with Crippen molar-refractivity contribution in [3.8, 4) is 0 Å². The van der Waals surface area contributed by atoms with Crippen molar-refractivity contribution >= 4 is 39.0 Å². The molecule has 0 spiro atoms. The lowest BCUT2D eigenvalue weighted by Crippen LogP contribution is -2.07. The maximum Gasteiger partial charge on any atom is 0.0733 e. The maximum atomic E-state index is 3.61. The SMILES string of the molecule is Brc1sccc1C1CCSCC1. The van der Waals surface area contributed by atoms with Crippen molar-refractivity contribution in [3.63, 3.8) is 0 Å². The van der Waals surface area contributed by atoms with E-state index in [0.29, 0.717) is 0 Å². The topological polar surface area (TPSA) is 0 Å². The summed E-state index contributed by atoms with van der Waals surface area (Å²) in [5, 5.41) is 2.18. The average molecular weight is 263 g/mol. The zero-order valence-electron chi connectivity index (χ0n) is 6.75. The lowest BCUT2D eigenvalue weighted by Gasteiger charge is -2.20. The van der Waals surface area contributed by atoms with Gasteiger partial charge >= 0.3 is 0 Å². The van der Waals surface area contributed by atoms with Gasteiger partial charge in [0.15, 0.2) is 0 Å². The highest BCUT2D eigenvalue weighted by Gasteiger charge is 2.18. The summed E-state index contributed by atoms with van der Waals surface area (Å²) < 4.78 is 1.35. The van der Waals surface area contributed by atoms with Crippen LogP contribution in [0.4, 0.5) is 0 Å². The molecule has 1 fully saturated rings. The molecule has 0 N–H and O–H groups in total. The Morgan fingerprint density at radius 1 is 1.33 bits per heavy atom. The van der Waals surface area contributed by atoms with E-state index < -0.39 is 0 Å². The van der Waals surface area contributed by atoms with Crippen LogP contribution >= 0.6 is 39.0 Å². The Kier molecular flexibility index (Phi) is 3.15.